The topological polar surface area (TPSA) is 84.0 Å². The van der Waals surface area contributed by atoms with Gasteiger partial charge in [-0.3, -0.25) is 9.59 Å². The normalized spacial score (nSPS) is 23.6. The molecule has 2 aliphatic heterocycles. The number of carbonyl (C=O) groups is 2. The van der Waals surface area contributed by atoms with E-state index in [1.54, 1.807) is 19.2 Å². The molecule has 2 fully saturated rings. The number of fused-ring (bicyclic) bond motifs is 1. The summed E-state index contributed by atoms with van der Waals surface area (Å²) in [6.45, 7) is 0.190. The van der Waals surface area contributed by atoms with Crippen LogP contribution in [-0.4, -0.2) is 61.4 Å². The molecule has 0 N–H and O–H groups in total. The molecule has 2 aliphatic rings. The van der Waals surface area contributed by atoms with E-state index in [1.165, 1.54) is 9.80 Å². The third kappa shape index (κ3) is 2.66. The van der Waals surface area contributed by atoms with Crippen molar-refractivity contribution < 1.29 is 22.7 Å². The number of hydrogen-bond donors (Lipinski definition) is 0. The summed E-state index contributed by atoms with van der Waals surface area (Å²) >= 11 is 0. The maximum absolute atomic E-state index is 12.4. The number of amides is 2. The van der Waals surface area contributed by atoms with Gasteiger partial charge in [0.2, 0.25) is 11.8 Å². The zero-order valence-corrected chi connectivity index (χ0v) is 12.9. The van der Waals surface area contributed by atoms with E-state index in [0.717, 1.165) is 5.56 Å². The Hall–Kier alpha value is -2.09. The lowest BCUT2D eigenvalue weighted by Crippen LogP contribution is -2.57. The summed E-state index contributed by atoms with van der Waals surface area (Å²) in [6.07, 6.45) is 0. The molecule has 0 aromatic heterocycles. The van der Waals surface area contributed by atoms with E-state index < -0.39 is 15.9 Å². The van der Waals surface area contributed by atoms with Gasteiger partial charge in [0.25, 0.3) is 0 Å². The van der Waals surface area contributed by atoms with Gasteiger partial charge in [-0.15, -0.1) is 0 Å². The molecule has 0 unspecified atom stereocenters. The van der Waals surface area contributed by atoms with Crippen LogP contribution in [0.2, 0.25) is 0 Å². The number of sulfone groups is 1. The van der Waals surface area contributed by atoms with E-state index in [4.69, 9.17) is 4.74 Å². The number of rotatable bonds is 3. The van der Waals surface area contributed by atoms with E-state index in [0.29, 0.717) is 5.75 Å². The molecule has 2 amide bonds. The molecule has 2 heterocycles. The highest BCUT2D eigenvalue weighted by Crippen LogP contribution is 2.23. The Labute approximate surface area is 128 Å². The molecular formula is C14H16N2O5S. The van der Waals surface area contributed by atoms with Crippen molar-refractivity contribution >= 4 is 21.7 Å². The Morgan fingerprint density at radius 1 is 1.23 bits per heavy atom. The highest BCUT2D eigenvalue weighted by Gasteiger charge is 2.47. The number of hydrogen-bond acceptors (Lipinski definition) is 5. The Morgan fingerprint density at radius 2 is 1.91 bits per heavy atom. The van der Waals surface area contributed by atoms with Crippen LogP contribution in [0, 0.1) is 0 Å². The number of benzene rings is 1. The van der Waals surface area contributed by atoms with E-state index in [-0.39, 0.29) is 36.5 Å². The molecule has 0 saturated carbocycles. The molecule has 0 bridgehead atoms. The molecule has 1 aromatic rings. The SMILES string of the molecule is COc1ccc(CN2CC(=O)N3CS(=O)(=O)C[C@@H]3C2=O)cc1. The molecule has 0 aliphatic carbocycles. The predicted molar refractivity (Wildman–Crippen MR) is 77.7 cm³/mol. The van der Waals surface area contributed by atoms with E-state index in [2.05, 4.69) is 0 Å². The highest BCUT2D eigenvalue weighted by atomic mass is 32.2. The first kappa shape index (κ1) is 14.8. The van der Waals surface area contributed by atoms with Crippen LogP contribution in [0.3, 0.4) is 0 Å². The molecule has 7 nitrogen and oxygen atoms in total. The largest absolute Gasteiger partial charge is 0.497 e. The van der Waals surface area contributed by atoms with Gasteiger partial charge in [0.15, 0.2) is 9.84 Å². The second-order valence-electron chi connectivity index (χ2n) is 5.46. The van der Waals surface area contributed by atoms with Gasteiger partial charge in [-0.1, -0.05) is 12.1 Å². The van der Waals surface area contributed by atoms with Crippen LogP contribution >= 0.6 is 0 Å². The fourth-order valence-electron chi connectivity index (χ4n) is 2.76. The molecule has 118 valence electrons. The molecule has 0 spiro atoms. The van der Waals surface area contributed by atoms with E-state index in [9.17, 15) is 18.0 Å². The minimum Gasteiger partial charge on any atom is -0.497 e. The average molecular weight is 324 g/mol. The van der Waals surface area contributed by atoms with Gasteiger partial charge in [0.1, 0.15) is 24.2 Å². The van der Waals surface area contributed by atoms with Crippen LogP contribution in [0.4, 0.5) is 0 Å². The summed E-state index contributed by atoms with van der Waals surface area (Å²) < 4.78 is 28.4. The summed E-state index contributed by atoms with van der Waals surface area (Å²) in [5.74, 6) is -0.552. The molecule has 1 aromatic carbocycles. The van der Waals surface area contributed by atoms with E-state index in [1.807, 2.05) is 12.1 Å². The van der Waals surface area contributed by atoms with Crippen molar-refractivity contribution in [3.8, 4) is 5.75 Å². The second-order valence-corrected chi connectivity index (χ2v) is 7.54. The van der Waals surface area contributed by atoms with Crippen LogP contribution in [0.1, 0.15) is 5.56 Å². The summed E-state index contributed by atoms with van der Waals surface area (Å²) in [7, 11) is -1.79. The first-order valence-corrected chi connectivity index (χ1v) is 8.63. The van der Waals surface area contributed by atoms with Crippen molar-refractivity contribution in [3.05, 3.63) is 29.8 Å². The third-order valence-electron chi connectivity index (χ3n) is 3.90. The van der Waals surface area contributed by atoms with Crippen molar-refractivity contribution in [1.82, 2.24) is 9.80 Å². The lowest BCUT2D eigenvalue weighted by molar-refractivity contribution is -0.153. The first-order chi connectivity index (χ1) is 10.4. The summed E-state index contributed by atoms with van der Waals surface area (Å²) in [5.41, 5.74) is 0.858. The molecule has 8 heteroatoms. The Kier molecular flexibility index (Phi) is 3.56. The molecule has 22 heavy (non-hydrogen) atoms. The average Bonchev–Trinajstić information content (AvgIpc) is 2.82. The van der Waals surface area contributed by atoms with Crippen LogP contribution < -0.4 is 4.74 Å². The molecule has 0 radical (unpaired) electrons. The molecule has 2 saturated heterocycles. The number of methoxy groups -OCH3 is 1. The van der Waals surface area contributed by atoms with Crippen molar-refractivity contribution in [2.75, 3.05) is 25.3 Å². The van der Waals surface area contributed by atoms with Gasteiger partial charge in [0, 0.05) is 6.54 Å². The minimum atomic E-state index is -3.36. The van der Waals surface area contributed by atoms with Gasteiger partial charge in [-0.2, -0.15) is 0 Å². The lowest BCUT2D eigenvalue weighted by atomic mass is 10.1. The highest BCUT2D eigenvalue weighted by molar-refractivity contribution is 7.91. The number of carbonyl (C=O) groups excluding carboxylic acids is 2. The molecule has 1 atom stereocenters. The summed E-state index contributed by atoms with van der Waals surface area (Å²) in [4.78, 5) is 27.0. The summed E-state index contributed by atoms with van der Waals surface area (Å²) in [6, 6.07) is 6.31. The van der Waals surface area contributed by atoms with Crippen LogP contribution in [0.15, 0.2) is 24.3 Å². The minimum absolute atomic E-state index is 0.0864. The van der Waals surface area contributed by atoms with Crippen LogP contribution in [0.5, 0.6) is 5.75 Å². The van der Waals surface area contributed by atoms with Crippen molar-refractivity contribution in [3.63, 3.8) is 0 Å². The number of ether oxygens (including phenoxy) is 1. The standard InChI is InChI=1S/C14H16N2O5S/c1-21-11-4-2-10(3-5-11)6-15-7-13(17)16-9-22(19,20)8-12(16)14(15)18/h2-5,12H,6-9H2,1H3/t12-/m1/s1. The Bertz CT molecular complexity index is 713. The maximum atomic E-state index is 12.4. The van der Waals surface area contributed by atoms with Gasteiger partial charge in [-0.05, 0) is 17.7 Å². The molecular weight excluding hydrogens is 308 g/mol. The van der Waals surface area contributed by atoms with Gasteiger partial charge < -0.3 is 14.5 Å². The van der Waals surface area contributed by atoms with Gasteiger partial charge in [0.05, 0.1) is 12.9 Å². The summed E-state index contributed by atoms with van der Waals surface area (Å²) in [5, 5.41) is 0. The maximum Gasteiger partial charge on any atom is 0.247 e. The van der Waals surface area contributed by atoms with Crippen molar-refractivity contribution in [2.24, 2.45) is 0 Å². The van der Waals surface area contributed by atoms with Crippen molar-refractivity contribution in [1.29, 1.82) is 0 Å². The van der Waals surface area contributed by atoms with Crippen LogP contribution in [-0.2, 0) is 26.0 Å². The third-order valence-corrected chi connectivity index (χ3v) is 5.39. The quantitative estimate of drug-likeness (QED) is 0.757. The van der Waals surface area contributed by atoms with Crippen molar-refractivity contribution in [2.45, 2.75) is 12.6 Å². The zero-order valence-electron chi connectivity index (χ0n) is 12.1. The fourth-order valence-corrected chi connectivity index (χ4v) is 4.42. The Balaban J connectivity index is 1.77. The van der Waals surface area contributed by atoms with E-state index >= 15 is 0 Å². The first-order valence-electron chi connectivity index (χ1n) is 6.81. The van der Waals surface area contributed by atoms with Gasteiger partial charge >= 0.3 is 0 Å². The second kappa shape index (κ2) is 5.28. The Morgan fingerprint density at radius 3 is 2.55 bits per heavy atom. The number of nitrogens with zero attached hydrogens (tertiary/aromatic N) is 2. The monoisotopic (exact) mass is 324 g/mol. The smallest absolute Gasteiger partial charge is 0.247 e. The zero-order chi connectivity index (χ0) is 15.9. The van der Waals surface area contributed by atoms with Gasteiger partial charge in [-0.25, -0.2) is 8.42 Å². The fraction of sp³-hybridized carbons (Fsp3) is 0.429. The predicted octanol–water partition coefficient (Wildman–Crippen LogP) is -0.379. The lowest BCUT2D eigenvalue weighted by Gasteiger charge is -2.35. The van der Waals surface area contributed by atoms with Crippen LogP contribution in [0.25, 0.3) is 0 Å². The number of piperazine rings is 1. The molecule has 3 rings (SSSR count).